The maximum Gasteiger partial charge on any atom is 0.337 e. The molecule has 268 valence electrons. The maximum absolute atomic E-state index is 14.5. The Bertz CT molecular complexity index is 1550. The number of carbonyl (C=O) groups excluding carboxylic acids is 5. The van der Waals surface area contributed by atoms with Gasteiger partial charge in [-0.25, -0.2) is 4.79 Å². The molecule has 3 fully saturated rings. The van der Waals surface area contributed by atoms with E-state index in [1.165, 1.54) is 44.8 Å². The summed E-state index contributed by atoms with van der Waals surface area (Å²) in [5.74, 6) is 1.48. The van der Waals surface area contributed by atoms with Gasteiger partial charge in [0.1, 0.15) is 23.1 Å². The van der Waals surface area contributed by atoms with Crippen LogP contribution in [0, 0.1) is 40.9 Å². The van der Waals surface area contributed by atoms with Crippen molar-refractivity contribution in [2.24, 2.45) is 40.9 Å². The second kappa shape index (κ2) is 16.3. The van der Waals surface area contributed by atoms with Crippen LogP contribution >= 0.6 is 0 Å². The highest BCUT2D eigenvalue weighted by Crippen LogP contribution is 2.45. The first-order valence-electron chi connectivity index (χ1n) is 19.5. The first-order valence-corrected chi connectivity index (χ1v) is 19.5. The maximum atomic E-state index is 14.5. The summed E-state index contributed by atoms with van der Waals surface area (Å²) in [6, 6.07) is 15.1. The molecule has 6 rings (SSSR count). The molecule has 2 aromatic rings. The van der Waals surface area contributed by atoms with Crippen molar-refractivity contribution < 1.29 is 28.7 Å². The smallest absolute Gasteiger partial charge is 0.337 e. The molecule has 2 aromatic carbocycles. The Morgan fingerprint density at radius 3 is 2.06 bits per heavy atom. The fourth-order valence-corrected chi connectivity index (χ4v) is 10.2. The summed E-state index contributed by atoms with van der Waals surface area (Å²) in [5.41, 5.74) is 2.45. The first-order chi connectivity index (χ1) is 24.1. The van der Waals surface area contributed by atoms with Crippen molar-refractivity contribution in [3.8, 4) is 0 Å². The fraction of sp³-hybridized carbons (Fsp3) is 0.614. The molecular weight excluding hydrogens is 624 g/mol. The van der Waals surface area contributed by atoms with E-state index in [0.717, 1.165) is 69.3 Å². The third-order valence-electron chi connectivity index (χ3n) is 13.1. The predicted octanol–water partition coefficient (Wildman–Crippen LogP) is 8.69. The average molecular weight is 681 g/mol. The second-order valence-electron chi connectivity index (χ2n) is 16.5. The summed E-state index contributed by atoms with van der Waals surface area (Å²) in [4.78, 5) is 67.5. The molecule has 0 aliphatic heterocycles. The third kappa shape index (κ3) is 8.54. The van der Waals surface area contributed by atoms with Gasteiger partial charge < -0.3 is 4.74 Å². The molecule has 0 spiro atoms. The van der Waals surface area contributed by atoms with Gasteiger partial charge in [0.05, 0.1) is 12.7 Å². The minimum atomic E-state index is -1.06. The highest BCUT2D eigenvalue weighted by atomic mass is 16.5. The van der Waals surface area contributed by atoms with Gasteiger partial charge in [0, 0.05) is 48.9 Å². The molecule has 2 unspecified atom stereocenters. The summed E-state index contributed by atoms with van der Waals surface area (Å²) in [6.45, 7) is 1.87. The molecule has 4 aliphatic rings. The lowest BCUT2D eigenvalue weighted by molar-refractivity contribution is -0.142. The Morgan fingerprint density at radius 1 is 0.720 bits per heavy atom. The summed E-state index contributed by atoms with van der Waals surface area (Å²) < 4.78 is 4.86. The molecule has 0 radical (unpaired) electrons. The largest absolute Gasteiger partial charge is 0.465 e. The summed E-state index contributed by atoms with van der Waals surface area (Å²) in [5, 5.41) is 0. The molecule has 50 heavy (non-hydrogen) atoms. The Morgan fingerprint density at radius 2 is 1.36 bits per heavy atom. The SMILES string of the molecule is COC(=O)c1cccc(CC(=O)CC(C)(CC(=O)C2CCC(C3Cc4ccccc4CC3=O)CC2)C(=O)C2CCC(C3CCCCC3)CC2)c1. The van der Waals surface area contributed by atoms with Crippen molar-refractivity contribution >= 4 is 29.1 Å². The van der Waals surface area contributed by atoms with Crippen LogP contribution in [0.1, 0.15) is 130 Å². The molecule has 3 saturated carbocycles. The third-order valence-corrected chi connectivity index (χ3v) is 13.1. The lowest BCUT2D eigenvalue weighted by atomic mass is 9.64. The van der Waals surface area contributed by atoms with E-state index >= 15 is 0 Å². The molecule has 6 nitrogen and oxygen atoms in total. The molecule has 2 atom stereocenters. The van der Waals surface area contributed by atoms with Gasteiger partial charge in [0.25, 0.3) is 0 Å². The molecule has 0 aromatic heterocycles. The Labute approximate surface area is 298 Å². The number of rotatable bonds is 12. The van der Waals surface area contributed by atoms with Gasteiger partial charge in [-0.1, -0.05) is 75.4 Å². The zero-order valence-electron chi connectivity index (χ0n) is 30.3. The van der Waals surface area contributed by atoms with Crippen LogP contribution in [0.25, 0.3) is 0 Å². The van der Waals surface area contributed by atoms with E-state index in [1.807, 2.05) is 25.1 Å². The van der Waals surface area contributed by atoms with E-state index in [1.54, 1.807) is 18.2 Å². The lowest BCUT2D eigenvalue weighted by Crippen LogP contribution is -2.41. The van der Waals surface area contributed by atoms with Crippen LogP contribution in [0.2, 0.25) is 0 Å². The van der Waals surface area contributed by atoms with Crippen LogP contribution in [0.15, 0.2) is 48.5 Å². The molecule has 0 heterocycles. The van der Waals surface area contributed by atoms with Crippen molar-refractivity contribution in [1.82, 2.24) is 0 Å². The summed E-state index contributed by atoms with van der Waals surface area (Å²) >= 11 is 0. The standard InChI is InChI=1S/C44H56O6/c1-44(27-38(45)24-29-9-8-14-37(23-29)43(49)50-2,42(48)34-21-15-31(16-22-34)30-10-4-3-5-11-30)28-41(47)33-19-17-32(18-20-33)39-25-35-12-6-7-13-36(35)26-40(39)46/h6-9,12-14,23,30-34,39H,3-5,10-11,15-22,24-28H2,1-2H3. The lowest BCUT2D eigenvalue weighted by Gasteiger charge is -2.39. The number of hydrogen-bond acceptors (Lipinski definition) is 6. The molecular formula is C44H56O6. The summed E-state index contributed by atoms with van der Waals surface area (Å²) in [7, 11) is 1.33. The minimum absolute atomic E-state index is 0.0202. The normalized spacial score (nSPS) is 27.1. The van der Waals surface area contributed by atoms with Crippen molar-refractivity contribution in [2.45, 2.75) is 122 Å². The van der Waals surface area contributed by atoms with E-state index in [-0.39, 0.29) is 60.3 Å². The van der Waals surface area contributed by atoms with Crippen LogP contribution in [-0.2, 0) is 43.2 Å². The topological polar surface area (TPSA) is 94.6 Å². The van der Waals surface area contributed by atoms with Gasteiger partial charge in [-0.15, -0.1) is 0 Å². The van der Waals surface area contributed by atoms with Gasteiger partial charge in [-0.3, -0.25) is 19.2 Å². The van der Waals surface area contributed by atoms with Crippen LogP contribution in [0.4, 0.5) is 0 Å². The van der Waals surface area contributed by atoms with Crippen LogP contribution in [0.5, 0.6) is 0 Å². The highest BCUT2D eigenvalue weighted by molar-refractivity contribution is 5.97. The first kappa shape index (κ1) is 36.4. The number of ketones is 4. The number of fused-ring (bicyclic) bond motifs is 1. The van der Waals surface area contributed by atoms with Gasteiger partial charge in [-0.2, -0.15) is 0 Å². The van der Waals surface area contributed by atoms with Gasteiger partial charge in [0.2, 0.25) is 0 Å². The van der Waals surface area contributed by atoms with Gasteiger partial charge >= 0.3 is 5.97 Å². The second-order valence-corrected chi connectivity index (χ2v) is 16.5. The van der Waals surface area contributed by atoms with E-state index in [9.17, 15) is 24.0 Å². The van der Waals surface area contributed by atoms with E-state index in [4.69, 9.17) is 4.74 Å². The van der Waals surface area contributed by atoms with Gasteiger partial charge in [0.15, 0.2) is 0 Å². The van der Waals surface area contributed by atoms with Crippen molar-refractivity contribution in [2.75, 3.05) is 7.11 Å². The van der Waals surface area contributed by atoms with Crippen molar-refractivity contribution in [3.05, 3.63) is 70.8 Å². The Kier molecular flexibility index (Phi) is 11.9. The number of hydrogen-bond donors (Lipinski definition) is 0. The number of esters is 1. The minimum Gasteiger partial charge on any atom is -0.465 e. The molecule has 0 amide bonds. The number of carbonyl (C=O) groups is 5. The molecule has 0 bridgehead atoms. The average Bonchev–Trinajstić information content (AvgIpc) is 3.14. The van der Waals surface area contributed by atoms with Crippen LogP contribution < -0.4 is 0 Å². The van der Waals surface area contributed by atoms with Crippen LogP contribution in [-0.4, -0.2) is 36.2 Å². The number of methoxy groups -OCH3 is 1. The van der Waals surface area contributed by atoms with E-state index in [2.05, 4.69) is 12.1 Å². The van der Waals surface area contributed by atoms with Crippen LogP contribution in [0.3, 0.4) is 0 Å². The predicted molar refractivity (Wildman–Crippen MR) is 194 cm³/mol. The fourth-order valence-electron chi connectivity index (χ4n) is 10.2. The highest BCUT2D eigenvalue weighted by Gasteiger charge is 2.44. The monoisotopic (exact) mass is 680 g/mol. The van der Waals surface area contributed by atoms with Crippen molar-refractivity contribution in [1.29, 1.82) is 0 Å². The van der Waals surface area contributed by atoms with Crippen molar-refractivity contribution in [3.63, 3.8) is 0 Å². The van der Waals surface area contributed by atoms with E-state index in [0.29, 0.717) is 29.2 Å². The zero-order valence-corrected chi connectivity index (χ0v) is 30.3. The Balaban J connectivity index is 1.11. The van der Waals surface area contributed by atoms with Gasteiger partial charge in [-0.05, 0) is 104 Å². The number of Topliss-reactive ketones (excluding diaryl/α,β-unsaturated/α-hetero) is 4. The molecule has 6 heteroatoms. The van der Waals surface area contributed by atoms with E-state index < -0.39 is 11.4 Å². The summed E-state index contributed by atoms with van der Waals surface area (Å²) in [6.07, 6.45) is 15.1. The quantitative estimate of drug-likeness (QED) is 0.208. The molecule has 4 aliphatic carbocycles. The number of ether oxygens (including phenoxy) is 1. The number of benzene rings is 2. The Hall–Kier alpha value is -3.41. The molecule has 0 N–H and O–H groups in total. The molecule has 0 saturated heterocycles. The zero-order chi connectivity index (χ0) is 35.3.